The molecule has 210 valence electrons. The molecule has 3 fully saturated rings. The molecule has 38 heavy (non-hydrogen) atoms. The summed E-state index contributed by atoms with van der Waals surface area (Å²) in [6.07, 6.45) is 0.667. The van der Waals surface area contributed by atoms with Crippen molar-refractivity contribution in [3.05, 3.63) is 23.8 Å². The fourth-order valence-electron chi connectivity index (χ4n) is 7.71. The van der Waals surface area contributed by atoms with Gasteiger partial charge in [-0.15, -0.1) is 0 Å². The first-order valence-electron chi connectivity index (χ1n) is 13.2. The summed E-state index contributed by atoms with van der Waals surface area (Å²) in [5, 5.41) is 11.6. The molecule has 0 aromatic heterocycles. The zero-order valence-corrected chi connectivity index (χ0v) is 22.5. The van der Waals surface area contributed by atoms with E-state index in [1.807, 2.05) is 20.8 Å². The van der Waals surface area contributed by atoms with E-state index in [9.17, 15) is 24.3 Å². The second-order valence-corrected chi connectivity index (χ2v) is 11.9. The predicted octanol–water partition coefficient (Wildman–Crippen LogP) is 4.11. The van der Waals surface area contributed by atoms with Crippen molar-refractivity contribution in [3.8, 4) is 0 Å². The SMILES string of the molecule is COC(=O)O[C@]1(C(=O)COC(=O)OCC(C)C)CC[C@H]2[C@@H]3C[C@H](F)C4=CC(=O)C=C[C@]4(C)[C@H]3C(O)C[C@@]21C. The van der Waals surface area contributed by atoms with Gasteiger partial charge < -0.3 is 24.1 Å². The summed E-state index contributed by atoms with van der Waals surface area (Å²) in [5.41, 5.74) is -3.33. The van der Waals surface area contributed by atoms with Crippen LogP contribution in [0, 0.1) is 34.5 Å². The third kappa shape index (κ3) is 4.44. The van der Waals surface area contributed by atoms with Crippen LogP contribution >= 0.6 is 0 Å². The van der Waals surface area contributed by atoms with Crippen LogP contribution in [0.1, 0.15) is 53.4 Å². The van der Waals surface area contributed by atoms with E-state index in [1.165, 1.54) is 12.2 Å². The zero-order chi connectivity index (χ0) is 28.0. The number of ether oxygens (including phenoxy) is 4. The molecule has 9 nitrogen and oxygen atoms in total. The van der Waals surface area contributed by atoms with Crippen molar-refractivity contribution in [3.63, 3.8) is 0 Å². The normalized spacial score (nSPS) is 39.4. The number of carbonyl (C=O) groups excluding carboxylic acids is 4. The standard InChI is InChI=1S/C28H37FO9/c1-15(2)13-36-25(34)37-14-22(32)28(38-24(33)35-5)9-7-18-17-11-20(29)19-10-16(30)6-8-26(19,3)23(17)21(31)12-27(18,28)4/h6,8,10,15,17-18,20-21,23,31H,7,9,11-14H2,1-5H3/t17-,18-,20-,21?,23+,26-,27-,28-/m0/s1. The van der Waals surface area contributed by atoms with Gasteiger partial charge in [0.2, 0.25) is 5.78 Å². The lowest BCUT2D eigenvalue weighted by atomic mass is 9.46. The number of carbonyl (C=O) groups is 4. The lowest BCUT2D eigenvalue weighted by Crippen LogP contribution is -2.64. The molecule has 0 heterocycles. The number of hydrogen-bond acceptors (Lipinski definition) is 9. The van der Waals surface area contributed by atoms with Crippen LogP contribution in [0.2, 0.25) is 0 Å². The Morgan fingerprint density at radius 2 is 1.89 bits per heavy atom. The van der Waals surface area contributed by atoms with Crippen LogP contribution < -0.4 is 0 Å². The number of rotatable bonds is 6. The molecule has 0 spiro atoms. The maximum atomic E-state index is 15.6. The summed E-state index contributed by atoms with van der Waals surface area (Å²) < 4.78 is 36.1. The van der Waals surface area contributed by atoms with Gasteiger partial charge in [-0.2, -0.15) is 0 Å². The summed E-state index contributed by atoms with van der Waals surface area (Å²) in [6, 6.07) is 0. The molecule has 0 radical (unpaired) electrons. The first-order valence-corrected chi connectivity index (χ1v) is 13.2. The summed E-state index contributed by atoms with van der Waals surface area (Å²) in [5.74, 6) is -1.90. The number of aliphatic hydroxyl groups excluding tert-OH is 1. The zero-order valence-electron chi connectivity index (χ0n) is 22.5. The highest BCUT2D eigenvalue weighted by Gasteiger charge is 2.71. The fraction of sp³-hybridized carbons (Fsp3) is 0.714. The molecule has 0 bridgehead atoms. The van der Waals surface area contributed by atoms with Crippen LogP contribution in [-0.4, -0.2) is 67.2 Å². The number of alkyl halides is 1. The molecule has 4 rings (SSSR count). The van der Waals surface area contributed by atoms with Crippen LogP contribution in [0.25, 0.3) is 0 Å². The molecule has 0 aromatic rings. The lowest BCUT2D eigenvalue weighted by molar-refractivity contribution is -0.185. The maximum absolute atomic E-state index is 15.6. The second kappa shape index (κ2) is 10.1. The first kappa shape index (κ1) is 28.3. The first-order chi connectivity index (χ1) is 17.8. The van der Waals surface area contributed by atoms with Crippen molar-refractivity contribution in [2.24, 2.45) is 34.5 Å². The Kier molecular flexibility index (Phi) is 7.51. The minimum atomic E-state index is -1.75. The average molecular weight is 537 g/mol. The van der Waals surface area contributed by atoms with E-state index in [2.05, 4.69) is 0 Å². The second-order valence-electron chi connectivity index (χ2n) is 11.9. The number of fused-ring (bicyclic) bond motifs is 5. The van der Waals surface area contributed by atoms with Crippen LogP contribution in [0.3, 0.4) is 0 Å². The quantitative estimate of drug-likeness (QED) is 0.499. The maximum Gasteiger partial charge on any atom is 0.509 e. The van der Waals surface area contributed by atoms with Gasteiger partial charge in [-0.25, -0.2) is 14.0 Å². The van der Waals surface area contributed by atoms with Crippen LogP contribution in [0.4, 0.5) is 14.0 Å². The Bertz CT molecular complexity index is 1070. The van der Waals surface area contributed by atoms with Crippen LogP contribution in [-0.2, 0) is 28.5 Å². The van der Waals surface area contributed by atoms with Gasteiger partial charge in [0.1, 0.15) is 6.17 Å². The van der Waals surface area contributed by atoms with Crippen molar-refractivity contribution >= 4 is 23.9 Å². The number of Topliss-reactive ketones (excluding diaryl/α,β-unsaturated/α-hetero) is 1. The molecule has 4 aliphatic carbocycles. The largest absolute Gasteiger partial charge is 0.509 e. The number of hydrogen-bond donors (Lipinski definition) is 1. The van der Waals surface area contributed by atoms with Gasteiger partial charge in [0.05, 0.1) is 19.8 Å². The summed E-state index contributed by atoms with van der Waals surface area (Å²) in [4.78, 5) is 50.2. The lowest BCUT2D eigenvalue weighted by Gasteiger charge is -2.60. The molecule has 10 heteroatoms. The van der Waals surface area contributed by atoms with Gasteiger partial charge in [0.15, 0.2) is 18.0 Å². The third-order valence-electron chi connectivity index (χ3n) is 9.33. The Morgan fingerprint density at radius 3 is 2.55 bits per heavy atom. The highest BCUT2D eigenvalue weighted by atomic mass is 19.1. The summed E-state index contributed by atoms with van der Waals surface area (Å²) >= 11 is 0. The van der Waals surface area contributed by atoms with E-state index in [4.69, 9.17) is 18.9 Å². The average Bonchev–Trinajstić information content (AvgIpc) is 3.14. The van der Waals surface area contributed by atoms with Crippen LogP contribution in [0.15, 0.2) is 23.8 Å². The van der Waals surface area contributed by atoms with Crippen molar-refractivity contribution in [2.75, 3.05) is 20.3 Å². The molecular formula is C28H37FO9. The van der Waals surface area contributed by atoms with E-state index in [0.29, 0.717) is 12.0 Å². The summed E-state index contributed by atoms with van der Waals surface area (Å²) in [6.45, 7) is 6.74. The van der Waals surface area contributed by atoms with E-state index >= 15 is 4.39 Å². The third-order valence-corrected chi connectivity index (χ3v) is 9.33. The van der Waals surface area contributed by atoms with E-state index in [0.717, 1.165) is 7.11 Å². The number of aliphatic hydroxyl groups is 1. The molecule has 0 saturated heterocycles. The molecule has 1 N–H and O–H groups in total. The summed E-state index contributed by atoms with van der Waals surface area (Å²) in [7, 11) is 1.13. The smallest absolute Gasteiger partial charge is 0.438 e. The highest BCUT2D eigenvalue weighted by molar-refractivity contribution is 6.01. The molecule has 4 aliphatic rings. The predicted molar refractivity (Wildman–Crippen MR) is 132 cm³/mol. The van der Waals surface area contributed by atoms with Crippen molar-refractivity contribution < 1.29 is 47.6 Å². The number of methoxy groups -OCH3 is 1. The van der Waals surface area contributed by atoms with Crippen molar-refractivity contribution in [1.82, 2.24) is 0 Å². The minimum Gasteiger partial charge on any atom is -0.438 e. The fourth-order valence-corrected chi connectivity index (χ4v) is 7.71. The van der Waals surface area contributed by atoms with Gasteiger partial charge in [-0.3, -0.25) is 9.59 Å². The van der Waals surface area contributed by atoms with Gasteiger partial charge in [-0.1, -0.05) is 33.8 Å². The molecule has 0 amide bonds. The molecule has 0 aromatic carbocycles. The Balaban J connectivity index is 1.66. The van der Waals surface area contributed by atoms with Gasteiger partial charge in [0, 0.05) is 16.7 Å². The Hall–Kier alpha value is -2.75. The highest BCUT2D eigenvalue weighted by Crippen LogP contribution is 2.68. The van der Waals surface area contributed by atoms with E-state index in [-0.39, 0.29) is 49.4 Å². The molecule has 1 unspecified atom stereocenters. The molecule has 3 saturated carbocycles. The van der Waals surface area contributed by atoms with E-state index < -0.39 is 59.3 Å². The minimum absolute atomic E-state index is 0.0719. The van der Waals surface area contributed by atoms with Gasteiger partial charge in [0.25, 0.3) is 0 Å². The van der Waals surface area contributed by atoms with Gasteiger partial charge >= 0.3 is 12.3 Å². The number of halogens is 1. The van der Waals surface area contributed by atoms with Gasteiger partial charge in [-0.05, 0) is 61.2 Å². The Labute approximate surface area is 221 Å². The number of ketones is 2. The van der Waals surface area contributed by atoms with Crippen molar-refractivity contribution in [2.45, 2.75) is 71.3 Å². The van der Waals surface area contributed by atoms with Crippen LogP contribution in [0.5, 0.6) is 0 Å². The molecular weight excluding hydrogens is 499 g/mol. The number of allylic oxidation sites excluding steroid dienone is 4. The van der Waals surface area contributed by atoms with E-state index in [1.54, 1.807) is 13.0 Å². The van der Waals surface area contributed by atoms with Crippen molar-refractivity contribution in [1.29, 1.82) is 0 Å². The Morgan fingerprint density at radius 1 is 1.18 bits per heavy atom. The topological polar surface area (TPSA) is 125 Å². The monoisotopic (exact) mass is 536 g/mol. The molecule has 8 atom stereocenters. The molecule has 0 aliphatic heterocycles.